The number of piperidine rings is 1. The zero-order chi connectivity index (χ0) is 14.2. The Balaban J connectivity index is 1.74. The molecule has 1 aromatic rings. The minimum Gasteiger partial charge on any atom is -0.385 e. The molecule has 1 saturated heterocycles. The Kier molecular flexibility index (Phi) is 3.53. The van der Waals surface area contributed by atoms with Crippen molar-refractivity contribution in [2.24, 2.45) is 5.41 Å². The van der Waals surface area contributed by atoms with Crippen molar-refractivity contribution in [2.45, 2.75) is 45.4 Å². The first-order valence-corrected chi connectivity index (χ1v) is 8.04. The number of hydrogen-bond acceptors (Lipinski definition) is 2. The molecule has 0 saturated carbocycles. The summed E-state index contributed by atoms with van der Waals surface area (Å²) in [5.74, 6) is 0. The van der Waals surface area contributed by atoms with Crippen molar-refractivity contribution < 1.29 is 0 Å². The van der Waals surface area contributed by atoms with Crippen LogP contribution >= 0.6 is 0 Å². The maximum atomic E-state index is 3.57. The van der Waals surface area contributed by atoms with Crippen LogP contribution in [0, 0.1) is 5.41 Å². The van der Waals surface area contributed by atoms with Crippen LogP contribution in [0.3, 0.4) is 0 Å². The normalized spacial score (nSPS) is 22.4. The zero-order valence-corrected chi connectivity index (χ0v) is 13.2. The number of fused-ring (bicyclic) bond motifs is 2. The highest BCUT2D eigenvalue weighted by Gasteiger charge is 2.39. The number of likely N-dealkylation sites (tertiary alicyclic amines) is 1. The maximum Gasteiger partial charge on any atom is 0.0378 e. The summed E-state index contributed by atoms with van der Waals surface area (Å²) in [7, 11) is 0. The molecule has 0 bridgehead atoms. The molecule has 110 valence electrons. The Morgan fingerprint density at radius 2 is 1.80 bits per heavy atom. The first-order valence-electron chi connectivity index (χ1n) is 8.04. The van der Waals surface area contributed by atoms with E-state index in [0.717, 1.165) is 6.54 Å². The number of hydrogen-bond donors (Lipinski definition) is 1. The third-order valence-corrected chi connectivity index (χ3v) is 4.93. The van der Waals surface area contributed by atoms with E-state index in [1.54, 1.807) is 5.56 Å². The standard InChI is InChI=1S/C18H28N2/c1-17(2,3)14-20-12-9-18(10-13-20)8-11-19-16-7-5-4-6-15(16)18/h4-7,19H,8-14H2,1-3H3. The number of para-hydroxylation sites is 1. The summed E-state index contributed by atoms with van der Waals surface area (Å²) in [4.78, 5) is 2.66. The Morgan fingerprint density at radius 1 is 1.10 bits per heavy atom. The van der Waals surface area contributed by atoms with Gasteiger partial charge in [0.2, 0.25) is 0 Å². The summed E-state index contributed by atoms with van der Waals surface area (Å²) in [5, 5.41) is 3.57. The molecule has 2 heteroatoms. The highest BCUT2D eigenvalue weighted by Crippen LogP contribution is 2.44. The third-order valence-electron chi connectivity index (χ3n) is 4.93. The van der Waals surface area contributed by atoms with E-state index in [0.29, 0.717) is 10.8 Å². The minimum absolute atomic E-state index is 0.413. The van der Waals surface area contributed by atoms with Crippen LogP contribution in [0.1, 0.15) is 45.6 Å². The lowest BCUT2D eigenvalue weighted by Gasteiger charge is -2.46. The van der Waals surface area contributed by atoms with Crippen LogP contribution in [0.5, 0.6) is 0 Å². The number of anilines is 1. The fourth-order valence-corrected chi connectivity index (χ4v) is 4.00. The first kappa shape index (κ1) is 13.9. The molecule has 0 aromatic heterocycles. The summed E-state index contributed by atoms with van der Waals surface area (Å²) in [6.07, 6.45) is 3.94. The van der Waals surface area contributed by atoms with Crippen LogP contribution < -0.4 is 5.32 Å². The fraction of sp³-hybridized carbons (Fsp3) is 0.667. The van der Waals surface area contributed by atoms with Crippen LogP contribution in [0.25, 0.3) is 0 Å². The van der Waals surface area contributed by atoms with E-state index in [4.69, 9.17) is 0 Å². The second kappa shape index (κ2) is 5.07. The number of nitrogens with zero attached hydrogens (tertiary/aromatic N) is 1. The summed E-state index contributed by atoms with van der Waals surface area (Å²) in [5.41, 5.74) is 3.80. The molecule has 0 aliphatic carbocycles. The van der Waals surface area contributed by atoms with Gasteiger partial charge in [-0.05, 0) is 49.4 Å². The van der Waals surface area contributed by atoms with E-state index in [1.165, 1.54) is 44.6 Å². The van der Waals surface area contributed by atoms with Gasteiger partial charge in [0.25, 0.3) is 0 Å². The number of nitrogens with one attached hydrogen (secondary N) is 1. The van der Waals surface area contributed by atoms with E-state index < -0.39 is 0 Å². The summed E-state index contributed by atoms with van der Waals surface area (Å²) in [6.45, 7) is 11.9. The van der Waals surface area contributed by atoms with Crippen molar-refractivity contribution in [3.63, 3.8) is 0 Å². The van der Waals surface area contributed by atoms with Gasteiger partial charge in [0.15, 0.2) is 0 Å². The van der Waals surface area contributed by atoms with E-state index in [2.05, 4.69) is 55.3 Å². The molecule has 1 N–H and O–H groups in total. The van der Waals surface area contributed by atoms with Crippen LogP contribution in [0.15, 0.2) is 24.3 Å². The fourth-order valence-electron chi connectivity index (χ4n) is 4.00. The molecule has 0 atom stereocenters. The second-order valence-corrected chi connectivity index (χ2v) is 7.84. The van der Waals surface area contributed by atoms with Crippen LogP contribution in [0.4, 0.5) is 5.69 Å². The van der Waals surface area contributed by atoms with Crippen LogP contribution in [-0.4, -0.2) is 31.1 Å². The maximum absolute atomic E-state index is 3.57. The lowest BCUT2D eigenvalue weighted by atomic mass is 9.68. The van der Waals surface area contributed by atoms with Crippen molar-refractivity contribution >= 4 is 5.69 Å². The Bertz CT molecular complexity index is 465. The molecular weight excluding hydrogens is 244 g/mol. The lowest BCUT2D eigenvalue weighted by molar-refractivity contribution is 0.115. The highest BCUT2D eigenvalue weighted by molar-refractivity contribution is 5.57. The van der Waals surface area contributed by atoms with E-state index in [-0.39, 0.29) is 0 Å². The van der Waals surface area contributed by atoms with Gasteiger partial charge in [-0.2, -0.15) is 0 Å². The van der Waals surface area contributed by atoms with Gasteiger partial charge in [0.05, 0.1) is 0 Å². The molecule has 1 aromatic carbocycles. The average molecular weight is 272 g/mol. The minimum atomic E-state index is 0.413. The molecule has 2 aliphatic rings. The average Bonchev–Trinajstić information content (AvgIpc) is 2.41. The summed E-state index contributed by atoms with van der Waals surface area (Å²) >= 11 is 0. The molecule has 2 nitrogen and oxygen atoms in total. The van der Waals surface area contributed by atoms with Gasteiger partial charge in [-0.3, -0.25) is 0 Å². The van der Waals surface area contributed by atoms with Gasteiger partial charge in [-0.25, -0.2) is 0 Å². The van der Waals surface area contributed by atoms with Crippen LogP contribution in [0.2, 0.25) is 0 Å². The van der Waals surface area contributed by atoms with Gasteiger partial charge >= 0.3 is 0 Å². The lowest BCUT2D eigenvalue weighted by Crippen LogP contribution is -2.47. The van der Waals surface area contributed by atoms with Crippen molar-refractivity contribution in [1.82, 2.24) is 4.90 Å². The van der Waals surface area contributed by atoms with Gasteiger partial charge in [0, 0.05) is 24.2 Å². The van der Waals surface area contributed by atoms with Crippen molar-refractivity contribution in [2.75, 3.05) is 31.5 Å². The molecule has 0 unspecified atom stereocenters. The van der Waals surface area contributed by atoms with Crippen molar-refractivity contribution in [3.8, 4) is 0 Å². The predicted molar refractivity (Wildman–Crippen MR) is 86.4 cm³/mol. The third kappa shape index (κ3) is 2.71. The van der Waals surface area contributed by atoms with Crippen LogP contribution in [-0.2, 0) is 5.41 Å². The zero-order valence-electron chi connectivity index (χ0n) is 13.2. The van der Waals surface area contributed by atoms with E-state index >= 15 is 0 Å². The van der Waals surface area contributed by atoms with Gasteiger partial charge in [0.1, 0.15) is 0 Å². The largest absolute Gasteiger partial charge is 0.385 e. The second-order valence-electron chi connectivity index (χ2n) is 7.84. The van der Waals surface area contributed by atoms with E-state index in [1.807, 2.05) is 0 Å². The molecule has 2 heterocycles. The molecule has 3 rings (SSSR count). The van der Waals surface area contributed by atoms with E-state index in [9.17, 15) is 0 Å². The smallest absolute Gasteiger partial charge is 0.0378 e. The van der Waals surface area contributed by atoms with Gasteiger partial charge < -0.3 is 10.2 Å². The summed E-state index contributed by atoms with van der Waals surface area (Å²) < 4.78 is 0. The molecule has 1 spiro atoms. The number of benzene rings is 1. The SMILES string of the molecule is CC(C)(C)CN1CCC2(CCNc3ccccc32)CC1. The van der Waals surface area contributed by atoms with Crippen molar-refractivity contribution in [3.05, 3.63) is 29.8 Å². The topological polar surface area (TPSA) is 15.3 Å². The van der Waals surface area contributed by atoms with Crippen molar-refractivity contribution in [1.29, 1.82) is 0 Å². The first-order chi connectivity index (χ1) is 9.49. The quantitative estimate of drug-likeness (QED) is 0.834. The Hall–Kier alpha value is -1.02. The molecule has 20 heavy (non-hydrogen) atoms. The number of rotatable bonds is 1. The van der Waals surface area contributed by atoms with Gasteiger partial charge in [-0.1, -0.05) is 39.0 Å². The Morgan fingerprint density at radius 3 is 2.50 bits per heavy atom. The predicted octanol–water partition coefficient (Wildman–Crippen LogP) is 3.88. The molecule has 0 amide bonds. The monoisotopic (exact) mass is 272 g/mol. The molecule has 2 aliphatic heterocycles. The highest BCUT2D eigenvalue weighted by atomic mass is 15.1. The van der Waals surface area contributed by atoms with Gasteiger partial charge in [-0.15, -0.1) is 0 Å². The molecular formula is C18H28N2. The molecule has 0 radical (unpaired) electrons. The summed E-state index contributed by atoms with van der Waals surface area (Å²) in [6, 6.07) is 8.95. The Labute approximate surface area is 123 Å². The molecule has 1 fully saturated rings.